The fourth-order valence-electron chi connectivity index (χ4n) is 8.10. The third kappa shape index (κ3) is 12.4. The lowest BCUT2D eigenvalue weighted by Gasteiger charge is -2.14. The molecule has 0 saturated carbocycles. The monoisotopic (exact) mass is 1020 g/mol. The first-order valence-electron chi connectivity index (χ1n) is 22.1. The molecule has 0 spiro atoms. The number of hydrogen-bond donors (Lipinski definition) is 3. The van der Waals surface area contributed by atoms with Gasteiger partial charge in [0.25, 0.3) is 0 Å². The highest BCUT2D eigenvalue weighted by Crippen LogP contribution is 2.42. The van der Waals surface area contributed by atoms with Gasteiger partial charge in [-0.1, -0.05) is 59.1 Å². The third-order valence-corrected chi connectivity index (χ3v) is 15.4. The maximum atomic E-state index is 12.5. The minimum Gasteiger partial charge on any atom is -0.490 e. The molecule has 2 atom stereocenters. The highest BCUT2D eigenvalue weighted by atomic mass is 32.2. The average Bonchev–Trinajstić information content (AvgIpc) is 4.14. The number of carbonyl (C=O) groups excluding carboxylic acids is 1. The molecule has 2 aromatic heterocycles. The van der Waals surface area contributed by atoms with Crippen LogP contribution in [-0.4, -0.2) is 84.6 Å². The first-order chi connectivity index (χ1) is 33.4. The van der Waals surface area contributed by atoms with Crippen LogP contribution in [0.25, 0.3) is 42.3 Å². The number of nitrogens with zero attached hydrogens (tertiary/aromatic N) is 6. The Morgan fingerprint density at radius 2 is 1.11 bits per heavy atom. The van der Waals surface area contributed by atoms with E-state index in [0.717, 1.165) is 44.5 Å². The fourth-order valence-corrected chi connectivity index (χ4v) is 12.1. The summed E-state index contributed by atoms with van der Waals surface area (Å²) in [6.45, 7) is 9.35. The van der Waals surface area contributed by atoms with Gasteiger partial charge < -0.3 is 19.3 Å². The summed E-state index contributed by atoms with van der Waals surface area (Å²) >= 11 is 2.78. The highest BCUT2D eigenvalue weighted by Gasteiger charge is 2.32. The van der Waals surface area contributed by atoms with Gasteiger partial charge in [-0.3, -0.25) is 9.59 Å². The van der Waals surface area contributed by atoms with Gasteiger partial charge in [-0.15, -0.1) is 20.4 Å². The maximum absolute atomic E-state index is 12.5. The van der Waals surface area contributed by atoms with Gasteiger partial charge in [0.15, 0.2) is 11.5 Å². The molecule has 22 heteroatoms. The first-order valence-corrected chi connectivity index (χ1v) is 27.0. The number of aromatic nitrogens is 4. The van der Waals surface area contributed by atoms with E-state index in [0.29, 0.717) is 68.3 Å². The van der Waals surface area contributed by atoms with E-state index in [1.807, 2.05) is 76.2 Å². The Labute approximate surface area is 413 Å². The molecular weight excluding hydrogens is 977 g/mol. The van der Waals surface area contributed by atoms with Crippen LogP contribution in [0.4, 0.5) is 0 Å². The van der Waals surface area contributed by atoms with Gasteiger partial charge in [0.05, 0.1) is 29.9 Å². The van der Waals surface area contributed by atoms with Gasteiger partial charge in [0, 0.05) is 34.3 Å². The number of benzene rings is 4. The Balaban J connectivity index is 0.000000207. The maximum Gasteiger partial charge on any atom is 0.322 e. The van der Waals surface area contributed by atoms with Crippen molar-refractivity contribution in [1.29, 1.82) is 10.5 Å². The number of esters is 1. The fraction of sp³-hybridized carbons (Fsp3) is 0.333. The van der Waals surface area contributed by atoms with Crippen molar-refractivity contribution >= 4 is 54.7 Å². The number of nitrogens with one attached hydrogen (secondary N) is 2. The van der Waals surface area contributed by atoms with Crippen LogP contribution in [0.1, 0.15) is 92.9 Å². The molecule has 2 aliphatic rings. The van der Waals surface area contributed by atoms with E-state index in [-0.39, 0.29) is 18.8 Å². The van der Waals surface area contributed by atoms with E-state index < -0.39 is 55.6 Å². The van der Waals surface area contributed by atoms with Crippen molar-refractivity contribution in [1.82, 2.24) is 29.8 Å². The molecule has 364 valence electrons. The summed E-state index contributed by atoms with van der Waals surface area (Å²) in [4.78, 5) is 22.5. The van der Waals surface area contributed by atoms with E-state index in [2.05, 4.69) is 42.0 Å². The Hall–Kier alpha value is -6.66. The van der Waals surface area contributed by atoms with E-state index in [1.54, 1.807) is 31.2 Å². The molecule has 8 rings (SSSR count). The Kier molecular flexibility index (Phi) is 16.1. The van der Waals surface area contributed by atoms with Crippen LogP contribution in [0.15, 0.2) is 72.8 Å². The van der Waals surface area contributed by atoms with Crippen molar-refractivity contribution in [2.45, 2.75) is 84.6 Å². The number of aliphatic carboxylic acids is 1. The Bertz CT molecular complexity index is 3250. The zero-order chi connectivity index (χ0) is 50.3. The van der Waals surface area contributed by atoms with Gasteiger partial charge in [0.2, 0.25) is 20.0 Å². The normalized spacial score (nSPS) is 15.0. The minimum absolute atomic E-state index is 0.0466. The van der Waals surface area contributed by atoms with Gasteiger partial charge in [0.1, 0.15) is 43.7 Å². The SMILES string of the molecule is CC(C)Oc1ccc(-c2nnc(-c3cccc4c3CC[C@@H]4NS(=O)(=O)CC(=O)O)s2)cc1C#N.CCOC(=O)CS(=O)(=O)N[C@H]1CCc2c(-c3nnc(-c4ccc(OC(C)C)c(C#N)c4)s3)cccc21. The van der Waals surface area contributed by atoms with Gasteiger partial charge in [-0.2, -0.15) is 10.5 Å². The van der Waals surface area contributed by atoms with Crippen molar-refractivity contribution in [3.8, 4) is 65.9 Å². The number of fused-ring (bicyclic) bond motifs is 2. The van der Waals surface area contributed by atoms with Crippen molar-refractivity contribution in [3.63, 3.8) is 0 Å². The third-order valence-electron chi connectivity index (χ3n) is 10.8. The number of hydrogen-bond acceptors (Lipinski definition) is 17. The molecule has 4 aromatic carbocycles. The molecule has 2 aliphatic carbocycles. The zero-order valence-corrected chi connectivity index (χ0v) is 41.9. The summed E-state index contributed by atoms with van der Waals surface area (Å²) in [5.41, 5.74) is 7.76. The topological polar surface area (TPSA) is 274 Å². The van der Waals surface area contributed by atoms with Crippen LogP contribution in [0.2, 0.25) is 0 Å². The van der Waals surface area contributed by atoms with Crippen molar-refractivity contribution in [2.24, 2.45) is 0 Å². The smallest absolute Gasteiger partial charge is 0.322 e. The molecule has 0 saturated heterocycles. The lowest BCUT2D eigenvalue weighted by molar-refractivity contribution is -0.140. The lowest BCUT2D eigenvalue weighted by atomic mass is 10.0. The molecule has 6 aromatic rings. The predicted molar refractivity (Wildman–Crippen MR) is 263 cm³/mol. The minimum atomic E-state index is -3.95. The van der Waals surface area contributed by atoms with Crippen molar-refractivity contribution < 1.29 is 45.7 Å². The second-order valence-electron chi connectivity index (χ2n) is 16.7. The molecule has 0 bridgehead atoms. The number of nitriles is 2. The molecule has 0 radical (unpaired) electrons. The quantitative estimate of drug-likeness (QED) is 0.0745. The predicted octanol–water partition coefficient (Wildman–Crippen LogP) is 7.52. The number of sulfonamides is 2. The molecule has 0 unspecified atom stereocenters. The molecule has 2 heterocycles. The lowest BCUT2D eigenvalue weighted by Crippen LogP contribution is -2.33. The molecule has 0 fully saturated rings. The number of carboxylic acid groups (broad SMARTS) is 1. The standard InChI is InChI=1S/C25H26N4O5S2.C23H22N4O5S2/c1-4-33-23(30)14-36(31,32)29-21-10-9-18-19(21)6-5-7-20(18)25-28-27-24(35-25)16-8-11-22(34-15(2)3)17(12-16)13-26;1-13(2)32-20-9-6-14(10-15(20)11-24)22-25-26-23(33-22)18-5-3-4-17-16(18)7-8-19(17)27-34(30,31)12-21(28)29/h5-8,11-12,15,21,29H,4,9-10,14H2,1-3H3;3-6,9-10,13,19,27H,7-8,12H2,1-2H3,(H,28,29)/t21-;19-/m00/s1. The van der Waals surface area contributed by atoms with Crippen LogP contribution < -0.4 is 18.9 Å². The number of carboxylic acids is 1. The second-order valence-corrected chi connectivity index (χ2v) is 22.1. The van der Waals surface area contributed by atoms with Crippen LogP contribution in [0, 0.1) is 22.7 Å². The van der Waals surface area contributed by atoms with Crippen LogP contribution >= 0.6 is 22.7 Å². The average molecular weight is 1030 g/mol. The van der Waals surface area contributed by atoms with E-state index in [9.17, 15) is 36.9 Å². The Morgan fingerprint density at radius 3 is 1.51 bits per heavy atom. The molecule has 0 amide bonds. The van der Waals surface area contributed by atoms with Gasteiger partial charge in [-0.25, -0.2) is 26.3 Å². The van der Waals surface area contributed by atoms with E-state index >= 15 is 0 Å². The van der Waals surface area contributed by atoms with Crippen molar-refractivity contribution in [3.05, 3.63) is 106 Å². The summed E-state index contributed by atoms with van der Waals surface area (Å²) in [7, 11) is -7.79. The van der Waals surface area contributed by atoms with Crippen LogP contribution in [-0.2, 0) is 47.2 Å². The molecular formula is C48H48N8O10S4. The molecule has 0 aliphatic heterocycles. The first kappa shape index (κ1) is 51.2. The zero-order valence-electron chi connectivity index (χ0n) is 38.6. The largest absolute Gasteiger partial charge is 0.490 e. The Morgan fingerprint density at radius 1 is 0.686 bits per heavy atom. The van der Waals surface area contributed by atoms with E-state index in [4.69, 9.17) is 19.3 Å². The van der Waals surface area contributed by atoms with Crippen molar-refractivity contribution in [2.75, 3.05) is 18.1 Å². The number of ether oxygens (including phenoxy) is 3. The summed E-state index contributed by atoms with van der Waals surface area (Å²) < 4.78 is 70.4. The van der Waals surface area contributed by atoms with Gasteiger partial charge in [-0.05, 0) is 119 Å². The number of rotatable bonds is 17. The van der Waals surface area contributed by atoms with Crippen LogP contribution in [0.5, 0.6) is 11.5 Å². The molecule has 70 heavy (non-hydrogen) atoms. The van der Waals surface area contributed by atoms with Gasteiger partial charge >= 0.3 is 11.9 Å². The summed E-state index contributed by atoms with van der Waals surface area (Å²) in [6.07, 6.45) is 2.29. The molecule has 18 nitrogen and oxygen atoms in total. The summed E-state index contributed by atoms with van der Waals surface area (Å²) in [5.74, 6) is -2.81. The highest BCUT2D eigenvalue weighted by molar-refractivity contribution is 7.90. The second kappa shape index (κ2) is 22.0. The molecule has 3 N–H and O–H groups in total. The number of carbonyl (C=O) groups is 2. The van der Waals surface area contributed by atoms with E-state index in [1.165, 1.54) is 22.7 Å². The van der Waals surface area contributed by atoms with Crippen LogP contribution in [0.3, 0.4) is 0 Å². The summed E-state index contributed by atoms with van der Waals surface area (Å²) in [5, 5.41) is 47.9. The summed E-state index contributed by atoms with van der Waals surface area (Å²) in [6, 6.07) is 25.4.